The zero-order valence-corrected chi connectivity index (χ0v) is 6.28. The first-order chi connectivity index (χ1) is 6.27. The Balaban J connectivity index is 2.39. The van der Waals surface area contributed by atoms with Crippen molar-refractivity contribution in [2.75, 3.05) is 0 Å². The molecule has 0 unspecified atom stereocenters. The first kappa shape index (κ1) is 7.40. The van der Waals surface area contributed by atoms with Gasteiger partial charge in [-0.15, -0.1) is 5.10 Å². The fourth-order valence-corrected chi connectivity index (χ4v) is 0.832. The predicted molar refractivity (Wildman–Crippen MR) is 40.2 cm³/mol. The maximum absolute atomic E-state index is 10.3. The number of aromatic nitrogens is 5. The molecule has 8 heteroatoms. The molecule has 2 heterocycles. The number of rotatable bonds is 2. The van der Waals surface area contributed by atoms with Crippen molar-refractivity contribution in [3.05, 3.63) is 28.7 Å². The summed E-state index contributed by atoms with van der Waals surface area (Å²) in [7, 11) is 0. The van der Waals surface area contributed by atoms with Crippen LogP contribution in [0.3, 0.4) is 0 Å². The highest BCUT2D eigenvalue weighted by Crippen LogP contribution is 2.07. The summed E-state index contributed by atoms with van der Waals surface area (Å²) in [6.07, 6.45) is 4.11. The fourth-order valence-electron chi connectivity index (χ4n) is 0.832. The van der Waals surface area contributed by atoms with Crippen molar-refractivity contribution < 1.29 is 4.92 Å². The summed E-state index contributed by atoms with van der Waals surface area (Å²) in [5.41, 5.74) is 0. The molecule has 0 spiro atoms. The Morgan fingerprint density at radius 1 is 1.62 bits per heavy atom. The Morgan fingerprint density at radius 3 is 3.00 bits per heavy atom. The molecule has 0 aromatic carbocycles. The van der Waals surface area contributed by atoms with Crippen LogP contribution in [0.15, 0.2) is 18.6 Å². The van der Waals surface area contributed by atoms with Crippen LogP contribution in [0.4, 0.5) is 5.82 Å². The quantitative estimate of drug-likeness (QED) is 0.513. The van der Waals surface area contributed by atoms with E-state index < -0.39 is 4.92 Å². The summed E-state index contributed by atoms with van der Waals surface area (Å²) >= 11 is 0. The second-order valence-electron chi connectivity index (χ2n) is 2.20. The number of H-pyrrole nitrogens is 1. The lowest BCUT2D eigenvalue weighted by Crippen LogP contribution is -1.97. The van der Waals surface area contributed by atoms with Crippen LogP contribution < -0.4 is 0 Å². The Labute approximate surface area is 71.4 Å². The van der Waals surface area contributed by atoms with Gasteiger partial charge < -0.3 is 10.1 Å². The summed E-state index contributed by atoms with van der Waals surface area (Å²) in [6, 6.07) is 0. The second kappa shape index (κ2) is 2.66. The van der Waals surface area contributed by atoms with Gasteiger partial charge in [0.05, 0.1) is 12.4 Å². The number of aromatic amines is 1. The number of hydrogen-bond donors (Lipinski definition) is 1. The zero-order valence-electron chi connectivity index (χ0n) is 6.28. The SMILES string of the molecule is O=[N+]([O-])c1cnc(-n2ccnn2)[nH]1. The van der Waals surface area contributed by atoms with Crippen LogP contribution in [0.25, 0.3) is 5.95 Å². The monoisotopic (exact) mass is 180 g/mol. The number of nitrogens with one attached hydrogen (secondary N) is 1. The van der Waals surface area contributed by atoms with Gasteiger partial charge >= 0.3 is 11.8 Å². The van der Waals surface area contributed by atoms with Crippen LogP contribution in [-0.2, 0) is 0 Å². The molecule has 2 rings (SSSR count). The van der Waals surface area contributed by atoms with Crippen molar-refractivity contribution in [1.82, 2.24) is 25.0 Å². The van der Waals surface area contributed by atoms with Gasteiger partial charge in [-0.2, -0.15) is 9.67 Å². The largest absolute Gasteiger partial charge is 0.358 e. The van der Waals surface area contributed by atoms with E-state index in [2.05, 4.69) is 20.3 Å². The highest BCUT2D eigenvalue weighted by Gasteiger charge is 2.11. The van der Waals surface area contributed by atoms with E-state index in [9.17, 15) is 10.1 Å². The average Bonchev–Trinajstić information content (AvgIpc) is 2.75. The van der Waals surface area contributed by atoms with Gasteiger partial charge in [0.2, 0.25) is 0 Å². The van der Waals surface area contributed by atoms with E-state index in [1.165, 1.54) is 17.1 Å². The Kier molecular flexibility index (Phi) is 1.51. The maximum Gasteiger partial charge on any atom is 0.342 e. The first-order valence-corrected chi connectivity index (χ1v) is 3.33. The normalized spacial score (nSPS) is 10.2. The molecule has 0 atom stereocenters. The van der Waals surface area contributed by atoms with Gasteiger partial charge in [0.15, 0.2) is 0 Å². The predicted octanol–water partition coefficient (Wildman–Crippen LogP) is -0.101. The third kappa shape index (κ3) is 1.24. The summed E-state index contributed by atoms with van der Waals surface area (Å²) in [6.45, 7) is 0. The smallest absolute Gasteiger partial charge is 0.342 e. The molecule has 0 amide bonds. The molecule has 2 aromatic rings. The molecule has 0 aliphatic carbocycles. The molecule has 2 aromatic heterocycles. The summed E-state index contributed by atoms with van der Waals surface area (Å²) in [5, 5.41) is 17.4. The van der Waals surface area contributed by atoms with E-state index in [-0.39, 0.29) is 11.8 Å². The zero-order chi connectivity index (χ0) is 9.26. The van der Waals surface area contributed by atoms with Crippen LogP contribution in [-0.4, -0.2) is 29.9 Å². The Hall–Kier alpha value is -2.25. The van der Waals surface area contributed by atoms with Crippen molar-refractivity contribution in [2.24, 2.45) is 0 Å². The molecule has 1 N–H and O–H groups in total. The summed E-state index contributed by atoms with van der Waals surface area (Å²) in [4.78, 5) is 15.9. The second-order valence-corrected chi connectivity index (χ2v) is 2.20. The number of nitrogens with zero attached hydrogens (tertiary/aromatic N) is 5. The van der Waals surface area contributed by atoms with Crippen LogP contribution in [0.5, 0.6) is 0 Å². The van der Waals surface area contributed by atoms with Crippen molar-refractivity contribution in [1.29, 1.82) is 0 Å². The van der Waals surface area contributed by atoms with Gasteiger partial charge in [-0.1, -0.05) is 5.21 Å². The van der Waals surface area contributed by atoms with Crippen molar-refractivity contribution >= 4 is 5.82 Å². The lowest BCUT2D eigenvalue weighted by Gasteiger charge is -1.87. The highest BCUT2D eigenvalue weighted by molar-refractivity contribution is 5.22. The van der Waals surface area contributed by atoms with Gasteiger partial charge in [-0.25, -0.2) is 4.98 Å². The van der Waals surface area contributed by atoms with Gasteiger partial charge in [0.25, 0.3) is 0 Å². The first-order valence-electron chi connectivity index (χ1n) is 3.33. The lowest BCUT2D eigenvalue weighted by molar-refractivity contribution is -0.389. The van der Waals surface area contributed by atoms with E-state index in [4.69, 9.17) is 0 Å². The van der Waals surface area contributed by atoms with Crippen molar-refractivity contribution in [2.45, 2.75) is 0 Å². The number of hydrogen-bond acceptors (Lipinski definition) is 5. The van der Waals surface area contributed by atoms with Gasteiger partial charge in [-0.05, 0) is 4.92 Å². The number of nitro groups is 1. The van der Waals surface area contributed by atoms with Crippen LogP contribution >= 0.6 is 0 Å². The van der Waals surface area contributed by atoms with Gasteiger partial charge in [0.1, 0.15) is 6.20 Å². The molecule has 0 aliphatic rings. The Bertz CT molecular complexity index is 418. The molecule has 0 saturated heterocycles. The standard InChI is InChI=1S/C5H4N6O2/c12-11(13)4-3-6-5(8-4)10-2-1-7-9-10/h1-3H,(H,6,8). The highest BCUT2D eigenvalue weighted by atomic mass is 16.6. The molecule has 0 aliphatic heterocycles. The lowest BCUT2D eigenvalue weighted by atomic mass is 10.8. The van der Waals surface area contributed by atoms with Crippen molar-refractivity contribution in [3.8, 4) is 5.95 Å². The minimum atomic E-state index is -0.562. The molecular formula is C5H4N6O2. The molecule has 13 heavy (non-hydrogen) atoms. The molecule has 0 fully saturated rings. The molecule has 0 bridgehead atoms. The summed E-state index contributed by atoms with van der Waals surface area (Å²) in [5.74, 6) is 0.0923. The molecule has 66 valence electrons. The van der Waals surface area contributed by atoms with Crippen LogP contribution in [0.2, 0.25) is 0 Å². The topological polar surface area (TPSA) is 103 Å². The molecule has 0 saturated carbocycles. The third-order valence-electron chi connectivity index (χ3n) is 1.39. The average molecular weight is 180 g/mol. The molecular weight excluding hydrogens is 176 g/mol. The van der Waals surface area contributed by atoms with E-state index >= 15 is 0 Å². The Morgan fingerprint density at radius 2 is 2.46 bits per heavy atom. The fraction of sp³-hybridized carbons (Fsp3) is 0. The van der Waals surface area contributed by atoms with E-state index in [1.54, 1.807) is 0 Å². The van der Waals surface area contributed by atoms with E-state index in [1.807, 2.05) is 0 Å². The van der Waals surface area contributed by atoms with E-state index in [0.29, 0.717) is 0 Å². The minimum absolute atomic E-state index is 0.175. The number of imidazole rings is 1. The van der Waals surface area contributed by atoms with Gasteiger partial charge in [0, 0.05) is 0 Å². The minimum Gasteiger partial charge on any atom is -0.358 e. The van der Waals surface area contributed by atoms with Gasteiger partial charge in [-0.3, -0.25) is 0 Å². The van der Waals surface area contributed by atoms with Crippen LogP contribution in [0, 0.1) is 10.1 Å². The van der Waals surface area contributed by atoms with E-state index in [0.717, 1.165) is 6.20 Å². The molecule has 8 nitrogen and oxygen atoms in total. The summed E-state index contributed by atoms with van der Waals surface area (Å²) < 4.78 is 1.30. The maximum atomic E-state index is 10.3. The van der Waals surface area contributed by atoms with Crippen molar-refractivity contribution in [3.63, 3.8) is 0 Å². The molecule has 0 radical (unpaired) electrons. The van der Waals surface area contributed by atoms with Crippen LogP contribution in [0.1, 0.15) is 0 Å². The third-order valence-corrected chi connectivity index (χ3v) is 1.39.